The average molecular weight is 440 g/mol. The molecule has 0 atom stereocenters. The molecule has 1 heterocycles. The zero-order chi connectivity index (χ0) is 21.2. The highest BCUT2D eigenvalue weighted by atomic mass is 35.5. The number of rotatable bonds is 5. The molecule has 0 saturated heterocycles. The molecule has 1 saturated carbocycles. The molecule has 1 aliphatic rings. The smallest absolute Gasteiger partial charge is 0.264 e. The first kappa shape index (κ1) is 22.2. The van der Waals surface area contributed by atoms with Crippen LogP contribution in [0.4, 0.5) is 5.82 Å². The second kappa shape index (κ2) is 11.6. The molecule has 1 N–H and O–H groups in total. The SMILES string of the molecule is C=Nc1nsc(C(=O)NCC2CCCCC2)c1Cl.c1ccc(-c2ccccc2)cc1. The Bertz CT molecular complexity index is 900. The Hall–Kier alpha value is -2.50. The first-order valence-corrected chi connectivity index (χ1v) is 11.3. The number of halogens is 1. The minimum Gasteiger partial charge on any atom is -0.351 e. The lowest BCUT2D eigenvalue weighted by molar-refractivity contribution is 0.0948. The molecular weight excluding hydrogens is 414 g/mol. The van der Waals surface area contributed by atoms with Crippen LogP contribution in [0.2, 0.25) is 5.02 Å². The minimum atomic E-state index is -0.155. The van der Waals surface area contributed by atoms with E-state index in [0.29, 0.717) is 21.6 Å². The first-order valence-electron chi connectivity index (χ1n) is 10.2. The fourth-order valence-corrected chi connectivity index (χ4v) is 4.47. The Kier molecular flexibility index (Phi) is 8.60. The second-order valence-corrected chi connectivity index (χ2v) is 8.40. The van der Waals surface area contributed by atoms with E-state index in [0.717, 1.165) is 18.1 Å². The summed E-state index contributed by atoms with van der Waals surface area (Å²) in [7, 11) is 0. The second-order valence-electron chi connectivity index (χ2n) is 7.25. The summed E-state index contributed by atoms with van der Waals surface area (Å²) in [4.78, 5) is 16.0. The van der Waals surface area contributed by atoms with Crippen molar-refractivity contribution in [2.75, 3.05) is 6.54 Å². The standard InChI is InChI=1S/C12H16ClN3OS.C12H10/c1-14-11-9(13)10(18-16-11)12(17)15-7-8-5-3-2-4-6-8;1-3-7-11(8-4-1)12-9-5-2-6-10-12/h8H,1-7H2,(H,15,17);1-10H. The van der Waals surface area contributed by atoms with Crippen LogP contribution in [0.3, 0.4) is 0 Å². The van der Waals surface area contributed by atoms with Gasteiger partial charge in [-0.25, -0.2) is 4.99 Å². The van der Waals surface area contributed by atoms with E-state index >= 15 is 0 Å². The van der Waals surface area contributed by atoms with Crippen molar-refractivity contribution in [2.24, 2.45) is 10.9 Å². The highest BCUT2D eigenvalue weighted by molar-refractivity contribution is 7.09. The monoisotopic (exact) mass is 439 g/mol. The van der Waals surface area contributed by atoms with Crippen LogP contribution >= 0.6 is 23.1 Å². The molecular formula is C24H26ClN3OS. The maximum absolute atomic E-state index is 12.0. The predicted molar refractivity (Wildman–Crippen MR) is 127 cm³/mol. The van der Waals surface area contributed by atoms with Gasteiger partial charge in [-0.05, 0) is 48.1 Å². The molecule has 0 spiro atoms. The molecule has 30 heavy (non-hydrogen) atoms. The van der Waals surface area contributed by atoms with Crippen molar-refractivity contribution in [3.05, 3.63) is 70.6 Å². The Morgan fingerprint density at radius 1 is 1.03 bits per heavy atom. The third-order valence-electron chi connectivity index (χ3n) is 5.13. The van der Waals surface area contributed by atoms with E-state index in [1.165, 1.54) is 43.2 Å². The summed E-state index contributed by atoms with van der Waals surface area (Å²) in [6.45, 7) is 4.09. The van der Waals surface area contributed by atoms with Crippen LogP contribution in [0.15, 0.2) is 65.7 Å². The molecule has 1 fully saturated rings. The van der Waals surface area contributed by atoms with Crippen molar-refractivity contribution in [2.45, 2.75) is 32.1 Å². The number of amides is 1. The van der Waals surface area contributed by atoms with Crippen molar-refractivity contribution in [3.63, 3.8) is 0 Å². The van der Waals surface area contributed by atoms with E-state index in [-0.39, 0.29) is 5.91 Å². The largest absolute Gasteiger partial charge is 0.351 e. The molecule has 1 aromatic heterocycles. The Morgan fingerprint density at radius 2 is 1.60 bits per heavy atom. The van der Waals surface area contributed by atoms with Crippen molar-refractivity contribution in [1.82, 2.24) is 9.69 Å². The summed E-state index contributed by atoms with van der Waals surface area (Å²) >= 11 is 7.06. The molecule has 0 bridgehead atoms. The van der Waals surface area contributed by atoms with Crippen molar-refractivity contribution < 1.29 is 4.79 Å². The van der Waals surface area contributed by atoms with Crippen LogP contribution in [0.1, 0.15) is 41.8 Å². The summed E-state index contributed by atoms with van der Waals surface area (Å²) in [6.07, 6.45) is 6.27. The van der Waals surface area contributed by atoms with Gasteiger partial charge in [0.25, 0.3) is 5.91 Å². The van der Waals surface area contributed by atoms with Gasteiger partial charge in [-0.15, -0.1) is 0 Å². The summed E-state index contributed by atoms with van der Waals surface area (Å²) in [6, 6.07) is 20.8. The van der Waals surface area contributed by atoms with Gasteiger partial charge in [-0.1, -0.05) is 91.5 Å². The van der Waals surface area contributed by atoms with Crippen molar-refractivity contribution in [1.29, 1.82) is 0 Å². The lowest BCUT2D eigenvalue weighted by Gasteiger charge is -2.21. The van der Waals surface area contributed by atoms with Crippen LogP contribution in [0.25, 0.3) is 11.1 Å². The molecule has 4 nitrogen and oxygen atoms in total. The quantitative estimate of drug-likeness (QED) is 0.445. The maximum atomic E-state index is 12.0. The number of aliphatic imine (C=N–C) groups is 1. The van der Waals surface area contributed by atoms with Gasteiger partial charge >= 0.3 is 0 Å². The first-order chi connectivity index (χ1) is 14.7. The number of carbonyl (C=O) groups excluding carboxylic acids is 1. The Morgan fingerprint density at radius 3 is 2.10 bits per heavy atom. The number of aromatic nitrogens is 1. The van der Waals surface area contributed by atoms with E-state index in [1.54, 1.807) is 0 Å². The van der Waals surface area contributed by atoms with Crippen molar-refractivity contribution in [3.8, 4) is 11.1 Å². The number of nitrogens with zero attached hydrogens (tertiary/aromatic N) is 2. The van der Waals surface area contributed by atoms with E-state index in [4.69, 9.17) is 11.6 Å². The molecule has 4 rings (SSSR count). The molecule has 6 heteroatoms. The van der Waals surface area contributed by atoms with Crippen LogP contribution < -0.4 is 5.32 Å². The van der Waals surface area contributed by atoms with E-state index < -0.39 is 0 Å². The topological polar surface area (TPSA) is 54.4 Å². The Balaban J connectivity index is 0.000000184. The maximum Gasteiger partial charge on any atom is 0.264 e. The van der Waals surface area contributed by atoms with Gasteiger partial charge in [-0.2, -0.15) is 4.37 Å². The number of hydrogen-bond donors (Lipinski definition) is 1. The molecule has 0 unspecified atom stereocenters. The molecule has 1 amide bonds. The summed E-state index contributed by atoms with van der Waals surface area (Å²) < 4.78 is 3.97. The van der Waals surface area contributed by atoms with Crippen LogP contribution in [-0.2, 0) is 0 Å². The number of carbonyl (C=O) groups is 1. The molecule has 2 aromatic carbocycles. The molecule has 1 aliphatic carbocycles. The summed E-state index contributed by atoms with van der Waals surface area (Å²) in [5.41, 5.74) is 2.55. The zero-order valence-corrected chi connectivity index (χ0v) is 18.5. The van der Waals surface area contributed by atoms with Crippen molar-refractivity contribution >= 4 is 41.6 Å². The molecule has 3 aromatic rings. The van der Waals surface area contributed by atoms with Crippen LogP contribution in [-0.4, -0.2) is 23.5 Å². The number of nitrogens with one attached hydrogen (secondary N) is 1. The normalized spacial score (nSPS) is 13.8. The lowest BCUT2D eigenvalue weighted by Crippen LogP contribution is -2.29. The van der Waals surface area contributed by atoms with E-state index in [1.807, 2.05) is 12.1 Å². The third-order valence-corrected chi connectivity index (χ3v) is 6.44. The van der Waals surface area contributed by atoms with Gasteiger partial charge in [0.1, 0.15) is 9.90 Å². The van der Waals surface area contributed by atoms with E-state index in [2.05, 4.69) is 69.9 Å². The average Bonchev–Trinajstić information content (AvgIpc) is 3.20. The predicted octanol–water partition coefficient (Wildman–Crippen LogP) is 6.79. The van der Waals surface area contributed by atoms with Gasteiger partial charge < -0.3 is 5.32 Å². The highest BCUT2D eigenvalue weighted by Gasteiger charge is 2.19. The van der Waals surface area contributed by atoms with Gasteiger partial charge in [0.2, 0.25) is 0 Å². The summed E-state index contributed by atoms with van der Waals surface area (Å²) in [5.74, 6) is 0.786. The van der Waals surface area contributed by atoms with Gasteiger partial charge in [0.05, 0.1) is 0 Å². The fourth-order valence-electron chi connectivity index (χ4n) is 3.48. The number of benzene rings is 2. The molecule has 156 valence electrons. The third kappa shape index (κ3) is 6.25. The zero-order valence-electron chi connectivity index (χ0n) is 16.9. The van der Waals surface area contributed by atoms with Gasteiger partial charge in [-0.3, -0.25) is 4.79 Å². The molecule has 0 aliphatic heterocycles. The van der Waals surface area contributed by atoms with Crippen LogP contribution in [0.5, 0.6) is 0 Å². The van der Waals surface area contributed by atoms with Gasteiger partial charge in [0.15, 0.2) is 5.82 Å². The Labute approximate surface area is 187 Å². The highest BCUT2D eigenvalue weighted by Crippen LogP contribution is 2.30. The fraction of sp³-hybridized carbons (Fsp3) is 0.292. The van der Waals surface area contributed by atoms with Gasteiger partial charge in [0, 0.05) is 6.54 Å². The minimum absolute atomic E-state index is 0.155. The lowest BCUT2D eigenvalue weighted by atomic mass is 9.89. The van der Waals surface area contributed by atoms with Crippen LogP contribution in [0, 0.1) is 5.92 Å². The molecule has 0 radical (unpaired) electrons. The summed E-state index contributed by atoms with van der Waals surface area (Å²) in [5, 5.41) is 3.23. The van der Waals surface area contributed by atoms with E-state index in [9.17, 15) is 4.79 Å². The number of hydrogen-bond acceptors (Lipinski definition) is 4.